The van der Waals surface area contributed by atoms with Crippen molar-refractivity contribution in [1.82, 2.24) is 19.5 Å². The number of imidazole rings is 1. The van der Waals surface area contributed by atoms with Gasteiger partial charge in [0.25, 0.3) is 0 Å². The minimum atomic E-state index is -0.686. The van der Waals surface area contributed by atoms with Crippen molar-refractivity contribution in [2.75, 3.05) is 6.54 Å². The number of carboxylic acid groups (broad SMARTS) is 1. The lowest BCUT2D eigenvalue weighted by Crippen LogP contribution is -2.46. The van der Waals surface area contributed by atoms with Gasteiger partial charge in [-0.2, -0.15) is 5.10 Å². The van der Waals surface area contributed by atoms with Crippen LogP contribution in [0.2, 0.25) is 0 Å². The van der Waals surface area contributed by atoms with Crippen molar-refractivity contribution >= 4 is 22.3 Å². The molecule has 1 fully saturated rings. The minimum absolute atomic E-state index is 0.0338. The molecule has 2 atom stereocenters. The number of hydrogen-bond donors (Lipinski definition) is 1. The zero-order valence-corrected chi connectivity index (χ0v) is 14.9. The standard InChI is InChI=1S/C16H24N4O2S/c1-9(2)14-13(20-16(17-14)23-11(4)18-20)8-19-7-5-6-12(10(19)3)15(21)22/h9-10,12H,5-8H2,1-4H3,(H,21,22)/t10-,12-/m0/s1. The number of fused-ring (bicyclic) bond motifs is 1. The van der Waals surface area contributed by atoms with Crippen LogP contribution in [0.3, 0.4) is 0 Å². The van der Waals surface area contributed by atoms with Gasteiger partial charge in [0.05, 0.1) is 17.3 Å². The normalized spacial score (nSPS) is 23.0. The highest BCUT2D eigenvalue weighted by molar-refractivity contribution is 7.16. The second kappa shape index (κ2) is 6.20. The highest BCUT2D eigenvalue weighted by Gasteiger charge is 2.34. The molecule has 1 saturated heterocycles. The van der Waals surface area contributed by atoms with Gasteiger partial charge in [0, 0.05) is 12.6 Å². The molecular formula is C16H24N4O2S. The molecule has 3 heterocycles. The average Bonchev–Trinajstić information content (AvgIpc) is 2.98. The van der Waals surface area contributed by atoms with E-state index in [1.807, 2.05) is 18.4 Å². The van der Waals surface area contributed by atoms with Crippen molar-refractivity contribution < 1.29 is 9.90 Å². The van der Waals surface area contributed by atoms with Crippen LogP contribution in [0.5, 0.6) is 0 Å². The van der Waals surface area contributed by atoms with E-state index in [1.54, 1.807) is 11.3 Å². The van der Waals surface area contributed by atoms with Gasteiger partial charge in [-0.3, -0.25) is 9.69 Å². The Kier molecular flexibility index (Phi) is 4.42. The van der Waals surface area contributed by atoms with Gasteiger partial charge in [0.15, 0.2) is 0 Å². The number of aryl methyl sites for hydroxylation is 1. The molecule has 0 bridgehead atoms. The lowest BCUT2D eigenvalue weighted by atomic mass is 9.90. The molecule has 7 heteroatoms. The average molecular weight is 336 g/mol. The smallest absolute Gasteiger partial charge is 0.308 e. The van der Waals surface area contributed by atoms with E-state index in [2.05, 4.69) is 23.8 Å². The van der Waals surface area contributed by atoms with Gasteiger partial charge >= 0.3 is 5.97 Å². The van der Waals surface area contributed by atoms with Crippen molar-refractivity contribution in [3.8, 4) is 0 Å². The zero-order valence-electron chi connectivity index (χ0n) is 14.1. The summed E-state index contributed by atoms with van der Waals surface area (Å²) in [6.07, 6.45) is 1.69. The Labute approximate surface area is 140 Å². The summed E-state index contributed by atoms with van der Waals surface area (Å²) in [6.45, 7) is 9.94. The van der Waals surface area contributed by atoms with Crippen molar-refractivity contribution in [2.45, 2.75) is 59.0 Å². The first kappa shape index (κ1) is 16.4. The number of nitrogens with zero attached hydrogens (tertiary/aromatic N) is 4. The molecule has 0 aliphatic carbocycles. The third kappa shape index (κ3) is 2.99. The van der Waals surface area contributed by atoms with Crippen molar-refractivity contribution in [3.63, 3.8) is 0 Å². The number of hydrogen-bond acceptors (Lipinski definition) is 5. The Balaban J connectivity index is 1.93. The van der Waals surface area contributed by atoms with Gasteiger partial charge in [-0.05, 0) is 39.2 Å². The Hall–Kier alpha value is -1.47. The molecule has 0 radical (unpaired) electrons. The van der Waals surface area contributed by atoms with Crippen molar-refractivity contribution in [3.05, 3.63) is 16.4 Å². The minimum Gasteiger partial charge on any atom is -0.481 e. The van der Waals surface area contributed by atoms with Crippen LogP contribution in [0.1, 0.15) is 55.9 Å². The number of piperidine rings is 1. The SMILES string of the molecule is Cc1nn2c(CN3CCC[C@H](C(=O)O)[C@@H]3C)c(C(C)C)nc2s1. The highest BCUT2D eigenvalue weighted by Crippen LogP contribution is 2.29. The summed E-state index contributed by atoms with van der Waals surface area (Å²) in [5, 5.41) is 15.0. The Morgan fingerprint density at radius 3 is 2.87 bits per heavy atom. The van der Waals surface area contributed by atoms with E-state index in [0.717, 1.165) is 40.7 Å². The fourth-order valence-corrected chi connectivity index (χ4v) is 4.24. The molecule has 1 aliphatic heterocycles. The summed E-state index contributed by atoms with van der Waals surface area (Å²) >= 11 is 1.60. The molecule has 2 aromatic heterocycles. The van der Waals surface area contributed by atoms with Crippen molar-refractivity contribution in [2.24, 2.45) is 5.92 Å². The summed E-state index contributed by atoms with van der Waals surface area (Å²) < 4.78 is 1.95. The van der Waals surface area contributed by atoms with Crippen LogP contribution in [-0.2, 0) is 11.3 Å². The number of carbonyl (C=O) groups is 1. The molecule has 2 aromatic rings. The Morgan fingerprint density at radius 1 is 1.48 bits per heavy atom. The predicted molar refractivity (Wildman–Crippen MR) is 89.9 cm³/mol. The van der Waals surface area contributed by atoms with Crippen molar-refractivity contribution in [1.29, 1.82) is 0 Å². The highest BCUT2D eigenvalue weighted by atomic mass is 32.1. The fourth-order valence-electron chi connectivity index (χ4n) is 3.47. The summed E-state index contributed by atoms with van der Waals surface area (Å²) in [5.41, 5.74) is 2.19. The topological polar surface area (TPSA) is 70.7 Å². The van der Waals surface area contributed by atoms with Crippen LogP contribution in [0.15, 0.2) is 0 Å². The second-order valence-corrected chi connectivity index (χ2v) is 7.87. The quantitative estimate of drug-likeness (QED) is 0.929. The van der Waals surface area contributed by atoms with Crippen LogP contribution in [-0.4, -0.2) is 43.2 Å². The summed E-state index contributed by atoms with van der Waals surface area (Å²) in [6, 6.07) is 0.0338. The van der Waals surface area contributed by atoms with E-state index in [0.29, 0.717) is 12.5 Å². The number of aliphatic carboxylic acids is 1. The first-order valence-corrected chi connectivity index (χ1v) is 9.02. The van der Waals surface area contributed by atoms with E-state index >= 15 is 0 Å². The number of aromatic nitrogens is 3. The molecule has 0 amide bonds. The maximum absolute atomic E-state index is 11.4. The second-order valence-electron chi connectivity index (χ2n) is 6.71. The van der Waals surface area contributed by atoms with Gasteiger partial charge < -0.3 is 5.11 Å². The Bertz CT molecular complexity index is 721. The van der Waals surface area contributed by atoms with Crippen LogP contribution in [0, 0.1) is 12.8 Å². The summed E-state index contributed by atoms with van der Waals surface area (Å²) in [4.78, 5) is 19.4. The van der Waals surface area contributed by atoms with E-state index < -0.39 is 5.97 Å². The summed E-state index contributed by atoms with van der Waals surface area (Å²) in [7, 11) is 0. The van der Waals surface area contributed by atoms with Gasteiger partial charge in [-0.25, -0.2) is 9.50 Å². The van der Waals surface area contributed by atoms with Crippen LogP contribution in [0.25, 0.3) is 4.96 Å². The molecular weight excluding hydrogens is 312 g/mol. The van der Waals surface area contributed by atoms with E-state index in [4.69, 9.17) is 4.98 Å². The lowest BCUT2D eigenvalue weighted by molar-refractivity contribution is -0.145. The number of likely N-dealkylation sites (tertiary alicyclic amines) is 1. The molecule has 6 nitrogen and oxygen atoms in total. The first-order valence-electron chi connectivity index (χ1n) is 8.20. The monoisotopic (exact) mass is 336 g/mol. The van der Waals surface area contributed by atoms with Crippen LogP contribution in [0.4, 0.5) is 0 Å². The third-order valence-corrected chi connectivity index (χ3v) is 5.59. The lowest BCUT2D eigenvalue weighted by Gasteiger charge is -2.37. The molecule has 0 unspecified atom stereocenters. The first-order chi connectivity index (χ1) is 10.9. The third-order valence-electron chi connectivity index (χ3n) is 4.76. The Morgan fingerprint density at radius 2 is 2.22 bits per heavy atom. The number of rotatable bonds is 4. The maximum atomic E-state index is 11.4. The molecule has 23 heavy (non-hydrogen) atoms. The zero-order chi connectivity index (χ0) is 16.7. The van der Waals surface area contributed by atoms with E-state index in [9.17, 15) is 9.90 Å². The fraction of sp³-hybridized carbons (Fsp3) is 0.688. The molecule has 126 valence electrons. The summed E-state index contributed by atoms with van der Waals surface area (Å²) in [5.74, 6) is -0.643. The van der Waals surface area contributed by atoms with Gasteiger partial charge in [0.1, 0.15) is 5.01 Å². The largest absolute Gasteiger partial charge is 0.481 e. The molecule has 1 N–H and O–H groups in total. The molecule has 0 saturated carbocycles. The molecule has 0 aromatic carbocycles. The van der Waals surface area contributed by atoms with Crippen LogP contribution < -0.4 is 0 Å². The molecule has 1 aliphatic rings. The molecule has 3 rings (SSSR count). The van der Waals surface area contributed by atoms with Gasteiger partial charge in [0.2, 0.25) is 4.96 Å². The van der Waals surface area contributed by atoms with E-state index in [1.165, 1.54) is 0 Å². The number of carboxylic acids is 1. The van der Waals surface area contributed by atoms with E-state index in [-0.39, 0.29) is 12.0 Å². The van der Waals surface area contributed by atoms with Gasteiger partial charge in [-0.1, -0.05) is 25.2 Å². The van der Waals surface area contributed by atoms with Gasteiger partial charge in [-0.15, -0.1) is 0 Å². The maximum Gasteiger partial charge on any atom is 0.308 e. The van der Waals surface area contributed by atoms with Crippen LogP contribution >= 0.6 is 11.3 Å². The predicted octanol–water partition coefficient (Wildman–Crippen LogP) is 2.91. The molecule has 0 spiro atoms.